The molecule has 1 aromatic heterocycles. The minimum atomic E-state index is -6.25. The summed E-state index contributed by atoms with van der Waals surface area (Å²) in [6, 6.07) is 3.49. The summed E-state index contributed by atoms with van der Waals surface area (Å²) in [5.74, 6) is 0. The van der Waals surface area contributed by atoms with Crippen molar-refractivity contribution in [1.29, 1.82) is 0 Å². The van der Waals surface area contributed by atoms with E-state index in [1.165, 1.54) is 18.3 Å². The van der Waals surface area contributed by atoms with Crippen molar-refractivity contribution >= 4 is 17.9 Å². The molecule has 30 heavy (non-hydrogen) atoms. The number of alkyl halides is 7. The highest BCUT2D eigenvalue weighted by Crippen LogP contribution is 2.53. The third-order valence-electron chi connectivity index (χ3n) is 4.22. The minimum absolute atomic E-state index is 0.0842. The number of hydrogen-bond donors (Lipinski definition) is 1. The van der Waals surface area contributed by atoms with Gasteiger partial charge in [0.05, 0.1) is 18.3 Å². The number of anilines is 1. The summed E-state index contributed by atoms with van der Waals surface area (Å²) in [5.41, 5.74) is -7.28. The molecule has 160 valence electrons. The largest absolute Gasteiger partial charge is 0.619 e. The van der Waals surface area contributed by atoms with Crippen LogP contribution in [0.2, 0.25) is 0 Å². The van der Waals surface area contributed by atoms with Crippen molar-refractivity contribution in [1.82, 2.24) is 5.01 Å². The molecule has 0 saturated carbocycles. The highest BCUT2D eigenvalue weighted by atomic mass is 19.4. The zero-order valence-corrected chi connectivity index (χ0v) is 14.6. The average molecular weight is 436 g/mol. The number of halogens is 7. The number of nitrogens with one attached hydrogen (secondary N) is 1. The summed E-state index contributed by atoms with van der Waals surface area (Å²) >= 11 is 0. The molecule has 0 spiro atoms. The molecule has 1 N–H and O–H groups in total. The fourth-order valence-corrected chi connectivity index (χ4v) is 2.74. The number of hydrogen-bond acceptors (Lipinski definition) is 3. The second kappa shape index (κ2) is 7.15. The van der Waals surface area contributed by atoms with Gasteiger partial charge in [0.25, 0.3) is 0 Å². The molecule has 0 aliphatic carbocycles. The topological polar surface area (TPSA) is 71.6 Å². The second-order valence-electron chi connectivity index (χ2n) is 6.26. The number of pyridine rings is 1. The van der Waals surface area contributed by atoms with Gasteiger partial charge in [0.2, 0.25) is 0 Å². The van der Waals surface area contributed by atoms with Crippen LogP contribution in [-0.2, 0) is 12.2 Å². The summed E-state index contributed by atoms with van der Waals surface area (Å²) in [4.78, 5) is 12.0. The Morgan fingerprint density at radius 3 is 2.37 bits per heavy atom. The van der Waals surface area contributed by atoms with Crippen molar-refractivity contribution < 1.29 is 40.3 Å². The molecule has 2 amide bonds. The Morgan fingerprint density at radius 1 is 1.10 bits per heavy atom. The maximum Gasteiger partial charge on any atom is 0.435 e. The molecule has 2 aromatic rings. The highest BCUT2D eigenvalue weighted by molar-refractivity contribution is 5.93. The molecular formula is C17H11F7N4O2. The van der Waals surface area contributed by atoms with E-state index >= 15 is 0 Å². The number of hydrazone groups is 1. The Bertz CT molecular complexity index is 990. The van der Waals surface area contributed by atoms with E-state index in [9.17, 15) is 40.7 Å². The lowest BCUT2D eigenvalue weighted by atomic mass is 9.91. The first-order valence-corrected chi connectivity index (χ1v) is 8.10. The third-order valence-corrected chi connectivity index (χ3v) is 4.22. The van der Waals surface area contributed by atoms with Crippen LogP contribution in [0.3, 0.4) is 0 Å². The van der Waals surface area contributed by atoms with E-state index in [0.29, 0.717) is 21.9 Å². The Hall–Kier alpha value is -3.38. The predicted octanol–water partition coefficient (Wildman–Crippen LogP) is 3.99. The van der Waals surface area contributed by atoms with Gasteiger partial charge < -0.3 is 10.5 Å². The molecule has 0 bridgehead atoms. The molecule has 1 aromatic carbocycles. The number of carbonyl (C=O) groups excluding carboxylic acids is 1. The van der Waals surface area contributed by atoms with Crippen molar-refractivity contribution in [3.63, 3.8) is 0 Å². The fourth-order valence-electron chi connectivity index (χ4n) is 2.74. The molecule has 1 aliphatic heterocycles. The van der Waals surface area contributed by atoms with Crippen molar-refractivity contribution in [2.75, 3.05) is 5.32 Å². The van der Waals surface area contributed by atoms with Gasteiger partial charge in [-0.3, -0.25) is 0 Å². The summed E-state index contributed by atoms with van der Waals surface area (Å²) in [5, 5.41) is 17.9. The van der Waals surface area contributed by atoms with Crippen LogP contribution in [-0.4, -0.2) is 29.6 Å². The Balaban J connectivity index is 1.95. The monoisotopic (exact) mass is 436 g/mol. The number of rotatable bonds is 3. The summed E-state index contributed by atoms with van der Waals surface area (Å²) in [6.07, 6.45) is -9.12. The number of amides is 2. The first-order valence-electron chi connectivity index (χ1n) is 8.10. The Kier molecular flexibility index (Phi) is 5.08. The fraction of sp³-hybridized carbons (Fsp3) is 0.235. The SMILES string of the molecule is O=C1Nc2ccc(C(F)(C(F)(F)F)C(F)(F)F)cc2CN1/N=C/c1ccc[n+]([O-])c1. The van der Waals surface area contributed by atoms with Gasteiger partial charge in [0, 0.05) is 17.3 Å². The maximum atomic E-state index is 14.3. The zero-order chi connectivity index (χ0) is 22.3. The molecule has 0 saturated heterocycles. The first kappa shape index (κ1) is 21.3. The van der Waals surface area contributed by atoms with Crippen LogP contribution in [0.25, 0.3) is 0 Å². The molecule has 1 aliphatic rings. The van der Waals surface area contributed by atoms with Crippen LogP contribution in [0.5, 0.6) is 0 Å². The van der Waals surface area contributed by atoms with E-state index in [0.717, 1.165) is 18.5 Å². The Labute approximate surface area is 163 Å². The maximum absolute atomic E-state index is 14.3. The van der Waals surface area contributed by atoms with Crippen molar-refractivity contribution in [3.05, 3.63) is 64.6 Å². The van der Waals surface area contributed by atoms with E-state index in [2.05, 4.69) is 10.4 Å². The van der Waals surface area contributed by atoms with Gasteiger partial charge in [-0.15, -0.1) is 0 Å². The van der Waals surface area contributed by atoms with Gasteiger partial charge in [-0.25, -0.2) is 14.2 Å². The van der Waals surface area contributed by atoms with Crippen LogP contribution in [0.15, 0.2) is 47.8 Å². The third kappa shape index (κ3) is 3.74. The lowest BCUT2D eigenvalue weighted by Crippen LogP contribution is -2.50. The van der Waals surface area contributed by atoms with Gasteiger partial charge in [0.15, 0.2) is 12.4 Å². The summed E-state index contributed by atoms with van der Waals surface area (Å²) in [7, 11) is 0. The molecule has 0 atom stereocenters. The summed E-state index contributed by atoms with van der Waals surface area (Å²) in [6.45, 7) is -0.526. The van der Waals surface area contributed by atoms with Crippen LogP contribution in [0.4, 0.5) is 41.2 Å². The van der Waals surface area contributed by atoms with Crippen molar-refractivity contribution in [2.45, 2.75) is 24.6 Å². The first-order chi connectivity index (χ1) is 13.8. The molecule has 13 heteroatoms. The number of urea groups is 1. The van der Waals surface area contributed by atoms with Gasteiger partial charge in [-0.2, -0.15) is 36.2 Å². The van der Waals surface area contributed by atoms with Gasteiger partial charge in [0.1, 0.15) is 0 Å². The van der Waals surface area contributed by atoms with Gasteiger partial charge in [-0.05, 0) is 23.8 Å². The van der Waals surface area contributed by atoms with Gasteiger partial charge in [-0.1, -0.05) is 6.07 Å². The van der Waals surface area contributed by atoms with Crippen molar-refractivity contribution in [2.24, 2.45) is 5.10 Å². The molecule has 0 fully saturated rings. The number of aromatic nitrogens is 1. The number of benzene rings is 1. The predicted molar refractivity (Wildman–Crippen MR) is 88.9 cm³/mol. The lowest BCUT2D eigenvalue weighted by molar-refractivity contribution is -0.605. The van der Waals surface area contributed by atoms with Gasteiger partial charge >= 0.3 is 24.1 Å². The lowest BCUT2D eigenvalue weighted by Gasteiger charge is -2.32. The normalized spacial score (nSPS) is 15.3. The summed E-state index contributed by atoms with van der Waals surface area (Å²) < 4.78 is 92.6. The quantitative estimate of drug-likeness (QED) is 0.342. The minimum Gasteiger partial charge on any atom is -0.619 e. The number of fused-ring (bicyclic) bond motifs is 1. The van der Waals surface area contributed by atoms with E-state index in [1.54, 1.807) is 0 Å². The molecule has 3 rings (SSSR count). The zero-order valence-electron chi connectivity index (χ0n) is 14.6. The molecular weight excluding hydrogens is 425 g/mol. The van der Waals surface area contributed by atoms with Crippen molar-refractivity contribution in [3.8, 4) is 0 Å². The van der Waals surface area contributed by atoms with E-state index in [-0.39, 0.29) is 16.8 Å². The van der Waals surface area contributed by atoms with E-state index in [1.807, 2.05) is 0 Å². The highest BCUT2D eigenvalue weighted by Gasteiger charge is 2.73. The second-order valence-corrected chi connectivity index (χ2v) is 6.26. The smallest absolute Gasteiger partial charge is 0.435 e. The van der Waals surface area contributed by atoms with Crippen LogP contribution < -0.4 is 10.0 Å². The molecule has 2 heterocycles. The number of carbonyl (C=O) groups is 1. The molecule has 6 nitrogen and oxygen atoms in total. The number of nitrogens with zero attached hydrogens (tertiary/aromatic N) is 3. The standard InChI is InChI=1S/C17H11F7N4O2/c18-15(16(19,20)21,17(22,23)24)12-3-4-13-11(6-12)9-28(14(29)26-13)25-7-10-2-1-5-27(30)8-10/h1-8H,9H2,(H,26,29)/b25-7+. The molecule has 0 unspecified atom stereocenters. The van der Waals surface area contributed by atoms with E-state index < -0.39 is 36.2 Å². The van der Waals surface area contributed by atoms with Crippen LogP contribution in [0, 0.1) is 5.21 Å². The Morgan fingerprint density at radius 2 is 1.77 bits per heavy atom. The average Bonchev–Trinajstić information content (AvgIpc) is 2.63. The van der Waals surface area contributed by atoms with E-state index in [4.69, 9.17) is 0 Å². The molecule has 0 radical (unpaired) electrons. The van der Waals surface area contributed by atoms with Crippen LogP contribution >= 0.6 is 0 Å². The van der Waals surface area contributed by atoms with Crippen LogP contribution in [0.1, 0.15) is 16.7 Å².